The first-order valence-corrected chi connectivity index (χ1v) is 7.71. The van der Waals surface area contributed by atoms with Crippen LogP contribution in [0, 0.1) is 5.41 Å². The molecule has 3 rings (SSSR count). The van der Waals surface area contributed by atoms with E-state index in [0.29, 0.717) is 17.0 Å². The smallest absolute Gasteiger partial charge is 0.200 e. The molecule has 0 spiro atoms. The second kappa shape index (κ2) is 4.93. The van der Waals surface area contributed by atoms with Crippen molar-refractivity contribution < 1.29 is 5.11 Å². The first-order valence-electron chi connectivity index (χ1n) is 7.33. The predicted octanol–water partition coefficient (Wildman–Crippen LogP) is 4.05. The van der Waals surface area contributed by atoms with Crippen LogP contribution in [-0.4, -0.2) is 20.1 Å². The van der Waals surface area contributed by atoms with Gasteiger partial charge in [-0.1, -0.05) is 49.6 Å². The standard InChI is InChI=1S/C17H20ClN3O/c1-11-7-12(16(2,3)4)10-17(22,9-11)21-19-14-6-5-13(18)8-15(14)20-21/h5-9,22H,10H2,1-4H3. The predicted molar refractivity (Wildman–Crippen MR) is 88.6 cm³/mol. The number of hydrogen-bond donors (Lipinski definition) is 1. The third-order valence-electron chi connectivity index (χ3n) is 3.96. The van der Waals surface area contributed by atoms with Gasteiger partial charge >= 0.3 is 0 Å². The lowest BCUT2D eigenvalue weighted by molar-refractivity contribution is -0.0165. The Morgan fingerprint density at radius 1 is 1.23 bits per heavy atom. The first kappa shape index (κ1) is 15.3. The maximum absolute atomic E-state index is 11.1. The molecule has 1 N–H and O–H groups in total. The van der Waals surface area contributed by atoms with E-state index >= 15 is 0 Å². The quantitative estimate of drug-likeness (QED) is 0.863. The summed E-state index contributed by atoms with van der Waals surface area (Å²) >= 11 is 5.99. The lowest BCUT2D eigenvalue weighted by Gasteiger charge is -2.34. The minimum atomic E-state index is -1.24. The molecule has 1 unspecified atom stereocenters. The van der Waals surface area contributed by atoms with Crippen LogP contribution >= 0.6 is 11.6 Å². The summed E-state index contributed by atoms with van der Waals surface area (Å²) in [6.07, 6.45) is 4.42. The Kier molecular flexibility index (Phi) is 3.42. The molecule has 22 heavy (non-hydrogen) atoms. The maximum atomic E-state index is 11.1. The number of aromatic nitrogens is 3. The van der Waals surface area contributed by atoms with Gasteiger partial charge in [0.1, 0.15) is 11.0 Å². The lowest BCUT2D eigenvalue weighted by Crippen LogP contribution is -2.37. The fourth-order valence-corrected chi connectivity index (χ4v) is 2.90. The van der Waals surface area contributed by atoms with E-state index in [4.69, 9.17) is 11.6 Å². The Labute approximate surface area is 135 Å². The molecule has 0 saturated carbocycles. The number of rotatable bonds is 1. The molecule has 116 valence electrons. The molecule has 1 aromatic carbocycles. The lowest BCUT2D eigenvalue weighted by atomic mass is 9.78. The van der Waals surface area contributed by atoms with E-state index in [0.717, 1.165) is 11.1 Å². The van der Waals surface area contributed by atoms with Crippen LogP contribution in [0.5, 0.6) is 0 Å². The van der Waals surface area contributed by atoms with E-state index < -0.39 is 5.72 Å². The van der Waals surface area contributed by atoms with E-state index in [-0.39, 0.29) is 5.41 Å². The van der Waals surface area contributed by atoms with Gasteiger partial charge in [0.15, 0.2) is 5.72 Å². The average Bonchev–Trinajstić information content (AvgIpc) is 2.80. The summed E-state index contributed by atoms with van der Waals surface area (Å²) in [7, 11) is 0. The van der Waals surface area contributed by atoms with E-state index in [9.17, 15) is 5.11 Å². The average molecular weight is 318 g/mol. The van der Waals surface area contributed by atoms with Gasteiger partial charge in [-0.05, 0) is 36.6 Å². The van der Waals surface area contributed by atoms with Gasteiger partial charge in [0, 0.05) is 11.4 Å². The van der Waals surface area contributed by atoms with Gasteiger partial charge in [-0.25, -0.2) is 0 Å². The van der Waals surface area contributed by atoms with Gasteiger partial charge in [-0.2, -0.15) is 10.2 Å². The number of allylic oxidation sites excluding steroid dienone is 2. The number of aliphatic hydroxyl groups is 1. The molecule has 1 heterocycles. The molecule has 4 nitrogen and oxygen atoms in total. The highest BCUT2D eigenvalue weighted by Gasteiger charge is 2.36. The Morgan fingerprint density at radius 3 is 2.59 bits per heavy atom. The zero-order valence-corrected chi connectivity index (χ0v) is 14.0. The number of hydrogen-bond acceptors (Lipinski definition) is 3. The number of halogens is 1. The third kappa shape index (κ3) is 2.69. The summed E-state index contributed by atoms with van der Waals surface area (Å²) < 4.78 is 0. The van der Waals surface area contributed by atoms with Crippen LogP contribution in [-0.2, 0) is 5.72 Å². The van der Waals surface area contributed by atoms with Crippen molar-refractivity contribution in [3.05, 3.63) is 46.5 Å². The van der Waals surface area contributed by atoms with Crippen LogP contribution in [0.15, 0.2) is 41.5 Å². The maximum Gasteiger partial charge on any atom is 0.200 e. The molecule has 2 aromatic rings. The monoisotopic (exact) mass is 317 g/mol. The molecule has 0 amide bonds. The summed E-state index contributed by atoms with van der Waals surface area (Å²) in [6.45, 7) is 8.41. The van der Waals surface area contributed by atoms with Crippen molar-refractivity contribution in [2.24, 2.45) is 5.41 Å². The molecule has 0 aliphatic heterocycles. The zero-order valence-electron chi connectivity index (χ0n) is 13.3. The summed E-state index contributed by atoms with van der Waals surface area (Å²) in [6, 6.07) is 5.34. The number of nitrogens with zero attached hydrogens (tertiary/aromatic N) is 3. The first-order chi connectivity index (χ1) is 10.2. The van der Waals surface area contributed by atoms with Gasteiger partial charge in [-0.3, -0.25) is 0 Å². The van der Waals surface area contributed by atoms with E-state index in [1.54, 1.807) is 12.1 Å². The second-order valence-corrected chi connectivity index (χ2v) is 7.42. The highest BCUT2D eigenvalue weighted by molar-refractivity contribution is 6.31. The van der Waals surface area contributed by atoms with Gasteiger partial charge in [0.25, 0.3) is 0 Å². The number of benzene rings is 1. The van der Waals surface area contributed by atoms with Crippen LogP contribution in [0.25, 0.3) is 11.0 Å². The fourth-order valence-electron chi connectivity index (χ4n) is 2.73. The van der Waals surface area contributed by atoms with E-state index in [1.165, 1.54) is 10.4 Å². The SMILES string of the molecule is CC1=CC(O)(n2nc3ccc(Cl)cc3n2)CC(C(C)(C)C)=C1. The van der Waals surface area contributed by atoms with Crippen molar-refractivity contribution in [2.75, 3.05) is 0 Å². The summed E-state index contributed by atoms with van der Waals surface area (Å²) in [4.78, 5) is 1.40. The molecule has 1 aliphatic carbocycles. The second-order valence-electron chi connectivity index (χ2n) is 6.99. The largest absolute Gasteiger partial charge is 0.364 e. The van der Waals surface area contributed by atoms with Gasteiger partial charge in [0.05, 0.1) is 0 Å². The molecule has 0 fully saturated rings. The minimum Gasteiger partial charge on any atom is -0.364 e. The molecule has 0 bridgehead atoms. The Hall–Kier alpha value is -1.65. The van der Waals surface area contributed by atoms with Crippen LogP contribution in [0.3, 0.4) is 0 Å². The minimum absolute atomic E-state index is 0.0145. The van der Waals surface area contributed by atoms with Crippen LogP contribution in [0.2, 0.25) is 5.02 Å². The van der Waals surface area contributed by atoms with Crippen LogP contribution in [0.4, 0.5) is 0 Å². The van der Waals surface area contributed by atoms with E-state index in [1.807, 2.05) is 19.1 Å². The van der Waals surface area contributed by atoms with Crippen molar-refractivity contribution in [3.8, 4) is 0 Å². The summed E-state index contributed by atoms with van der Waals surface area (Å²) in [5.74, 6) is 0. The summed E-state index contributed by atoms with van der Waals surface area (Å²) in [5.41, 5.74) is 2.33. The topological polar surface area (TPSA) is 50.9 Å². The highest BCUT2D eigenvalue weighted by atomic mass is 35.5. The van der Waals surface area contributed by atoms with Crippen molar-refractivity contribution in [1.82, 2.24) is 15.0 Å². The molecule has 0 radical (unpaired) electrons. The van der Waals surface area contributed by atoms with Crippen molar-refractivity contribution in [2.45, 2.75) is 39.8 Å². The molecular formula is C17H20ClN3O. The van der Waals surface area contributed by atoms with Gasteiger partial charge in [-0.15, -0.1) is 4.80 Å². The molecule has 0 saturated heterocycles. The third-order valence-corrected chi connectivity index (χ3v) is 4.20. The fraction of sp³-hybridized carbons (Fsp3) is 0.412. The van der Waals surface area contributed by atoms with E-state index in [2.05, 4.69) is 37.0 Å². The number of fused-ring (bicyclic) bond motifs is 1. The Morgan fingerprint density at radius 2 is 1.91 bits per heavy atom. The highest BCUT2D eigenvalue weighted by Crippen LogP contribution is 2.39. The van der Waals surface area contributed by atoms with Gasteiger partial charge in [0.2, 0.25) is 0 Å². The van der Waals surface area contributed by atoms with Crippen molar-refractivity contribution in [1.29, 1.82) is 0 Å². The Balaban J connectivity index is 2.07. The molecule has 1 aliphatic rings. The molecule has 5 heteroatoms. The summed E-state index contributed by atoms with van der Waals surface area (Å²) in [5, 5.41) is 20.6. The normalized spacial score (nSPS) is 22.6. The van der Waals surface area contributed by atoms with Crippen LogP contribution < -0.4 is 0 Å². The van der Waals surface area contributed by atoms with Crippen molar-refractivity contribution >= 4 is 22.6 Å². The van der Waals surface area contributed by atoms with Crippen LogP contribution in [0.1, 0.15) is 34.1 Å². The zero-order chi connectivity index (χ0) is 16.1. The molecule has 1 atom stereocenters. The van der Waals surface area contributed by atoms with Gasteiger partial charge < -0.3 is 5.11 Å². The molecule has 1 aromatic heterocycles. The molecular weight excluding hydrogens is 298 g/mol. The van der Waals surface area contributed by atoms with Crippen molar-refractivity contribution in [3.63, 3.8) is 0 Å². The Bertz CT molecular complexity index is 798.